The van der Waals surface area contributed by atoms with E-state index in [-0.39, 0.29) is 6.23 Å². The fraction of sp³-hybridized carbons (Fsp3) is 0.300. The van der Waals surface area contributed by atoms with Crippen LogP contribution in [0.15, 0.2) is 54.6 Å². The first-order chi connectivity index (χ1) is 12.7. The number of hydrogen-bond acceptors (Lipinski definition) is 6. The second-order valence-corrected chi connectivity index (χ2v) is 6.95. The Bertz CT molecular complexity index is 804. The zero-order valence-electron chi connectivity index (χ0n) is 15.1. The number of likely N-dealkylation sites (N-methyl/N-ethyl adjacent to an activating group) is 1. The normalized spacial score (nSPS) is 12.3. The van der Waals surface area contributed by atoms with E-state index in [1.807, 2.05) is 42.5 Å². The van der Waals surface area contributed by atoms with Crippen LogP contribution in [0, 0.1) is 0 Å². The predicted molar refractivity (Wildman–Crippen MR) is 107 cm³/mol. The lowest BCUT2D eigenvalue weighted by Gasteiger charge is -2.26. The highest BCUT2D eigenvalue weighted by Gasteiger charge is 2.17. The number of nitrogens with two attached hydrogens (primary N) is 1. The molecule has 0 amide bonds. The molecule has 3 rings (SSSR count). The molecule has 1 atom stereocenters. The highest BCUT2D eigenvalue weighted by molar-refractivity contribution is 7.09. The van der Waals surface area contributed by atoms with Crippen LogP contribution in [0.25, 0.3) is 10.6 Å². The van der Waals surface area contributed by atoms with Crippen LogP contribution in [0.1, 0.15) is 18.9 Å². The quantitative estimate of drug-likeness (QED) is 0.479. The van der Waals surface area contributed by atoms with Gasteiger partial charge in [0.1, 0.15) is 5.01 Å². The molecule has 0 aliphatic rings. The Kier molecular flexibility index (Phi) is 6.20. The van der Waals surface area contributed by atoms with Crippen LogP contribution in [0.4, 0.5) is 5.69 Å². The summed E-state index contributed by atoms with van der Waals surface area (Å²) < 4.78 is 10.4. The van der Waals surface area contributed by atoms with Gasteiger partial charge in [-0.05, 0) is 49.1 Å². The van der Waals surface area contributed by atoms with Crippen molar-refractivity contribution in [2.75, 3.05) is 19.3 Å². The van der Waals surface area contributed by atoms with Crippen LogP contribution < -0.4 is 10.5 Å². The van der Waals surface area contributed by atoms with Crippen LogP contribution in [-0.2, 0) is 6.42 Å². The first-order valence-corrected chi connectivity index (χ1v) is 9.53. The number of rotatable bonds is 8. The van der Waals surface area contributed by atoms with Gasteiger partial charge in [-0.2, -0.15) is 4.98 Å². The van der Waals surface area contributed by atoms with E-state index in [1.54, 1.807) is 0 Å². The molecule has 2 N–H and O–H groups in total. The van der Waals surface area contributed by atoms with Gasteiger partial charge in [-0.1, -0.05) is 49.4 Å². The second kappa shape index (κ2) is 8.78. The summed E-state index contributed by atoms with van der Waals surface area (Å²) in [5.41, 5.74) is 8.85. The van der Waals surface area contributed by atoms with Gasteiger partial charge in [0.15, 0.2) is 6.23 Å². The fourth-order valence-corrected chi connectivity index (χ4v) is 3.31. The van der Waals surface area contributed by atoms with E-state index >= 15 is 0 Å². The third kappa shape index (κ3) is 4.80. The summed E-state index contributed by atoms with van der Waals surface area (Å²) >= 11 is 1.36. The molecule has 3 aromatic rings. The molecular weight excluding hydrogens is 344 g/mol. The number of benzene rings is 2. The van der Waals surface area contributed by atoms with Crippen molar-refractivity contribution < 1.29 is 4.74 Å². The minimum atomic E-state index is -0.0537. The number of ether oxygens (including phenoxy) is 1. The van der Waals surface area contributed by atoms with Gasteiger partial charge in [0, 0.05) is 17.8 Å². The maximum atomic E-state index is 6.03. The summed E-state index contributed by atoms with van der Waals surface area (Å²) in [6, 6.07) is 18.5. The molecule has 136 valence electrons. The lowest BCUT2D eigenvalue weighted by Crippen LogP contribution is -2.37. The molecule has 0 radical (unpaired) electrons. The highest BCUT2D eigenvalue weighted by atomic mass is 32.1. The minimum Gasteiger partial charge on any atom is -0.443 e. The van der Waals surface area contributed by atoms with Crippen molar-refractivity contribution >= 4 is 17.2 Å². The summed E-state index contributed by atoms with van der Waals surface area (Å²) in [5, 5.41) is 0.875. The summed E-state index contributed by atoms with van der Waals surface area (Å²) in [4.78, 5) is 6.72. The van der Waals surface area contributed by atoms with Crippen LogP contribution >= 0.6 is 11.5 Å². The van der Waals surface area contributed by atoms with E-state index in [9.17, 15) is 0 Å². The van der Waals surface area contributed by atoms with Crippen LogP contribution in [0.5, 0.6) is 6.01 Å². The minimum absolute atomic E-state index is 0.0537. The molecule has 0 saturated carbocycles. The molecule has 0 saturated heterocycles. The average molecular weight is 369 g/mol. The van der Waals surface area contributed by atoms with Crippen molar-refractivity contribution in [1.82, 2.24) is 14.3 Å². The van der Waals surface area contributed by atoms with E-state index in [0.29, 0.717) is 6.01 Å². The summed E-state index contributed by atoms with van der Waals surface area (Å²) in [7, 11) is 2.07. The topological polar surface area (TPSA) is 64.3 Å². The van der Waals surface area contributed by atoms with Crippen LogP contribution in [0.2, 0.25) is 0 Å². The predicted octanol–water partition coefficient (Wildman–Crippen LogP) is 4.08. The van der Waals surface area contributed by atoms with Crippen molar-refractivity contribution in [3.8, 4) is 16.6 Å². The highest BCUT2D eigenvalue weighted by Crippen LogP contribution is 2.24. The van der Waals surface area contributed by atoms with Gasteiger partial charge in [0.25, 0.3) is 0 Å². The molecule has 0 bridgehead atoms. The van der Waals surface area contributed by atoms with Crippen molar-refractivity contribution in [2.24, 2.45) is 0 Å². The van der Waals surface area contributed by atoms with Crippen molar-refractivity contribution in [2.45, 2.75) is 26.0 Å². The Morgan fingerprint density at radius 2 is 1.85 bits per heavy atom. The zero-order valence-corrected chi connectivity index (χ0v) is 15.9. The lowest BCUT2D eigenvalue weighted by molar-refractivity contribution is 0.0359. The zero-order chi connectivity index (χ0) is 18.4. The van der Waals surface area contributed by atoms with Gasteiger partial charge in [0.2, 0.25) is 0 Å². The Morgan fingerprint density at radius 3 is 2.54 bits per heavy atom. The molecule has 26 heavy (non-hydrogen) atoms. The molecule has 1 unspecified atom stereocenters. The van der Waals surface area contributed by atoms with E-state index in [2.05, 4.69) is 40.4 Å². The molecule has 0 fully saturated rings. The number of nitrogen functional groups attached to an aromatic ring is 1. The van der Waals surface area contributed by atoms with Gasteiger partial charge >= 0.3 is 6.01 Å². The maximum absolute atomic E-state index is 6.03. The van der Waals surface area contributed by atoms with Crippen molar-refractivity contribution in [1.29, 1.82) is 0 Å². The van der Waals surface area contributed by atoms with E-state index in [1.165, 1.54) is 17.1 Å². The maximum Gasteiger partial charge on any atom is 0.330 e. The lowest BCUT2D eigenvalue weighted by atomic mass is 10.1. The van der Waals surface area contributed by atoms with Gasteiger partial charge in [-0.15, -0.1) is 4.37 Å². The van der Waals surface area contributed by atoms with E-state index in [4.69, 9.17) is 10.5 Å². The number of aromatic nitrogens is 2. The fourth-order valence-electron chi connectivity index (χ4n) is 2.70. The van der Waals surface area contributed by atoms with Crippen molar-refractivity contribution in [3.05, 3.63) is 60.2 Å². The summed E-state index contributed by atoms with van der Waals surface area (Å²) in [6.07, 6.45) is 1.75. The summed E-state index contributed by atoms with van der Waals surface area (Å²) in [6.45, 7) is 2.99. The Hall–Kier alpha value is -2.44. The average Bonchev–Trinajstić information content (AvgIpc) is 3.15. The second-order valence-electron chi connectivity index (χ2n) is 6.20. The number of anilines is 1. The van der Waals surface area contributed by atoms with Crippen molar-refractivity contribution in [3.63, 3.8) is 0 Å². The molecule has 1 aromatic heterocycles. The van der Waals surface area contributed by atoms with E-state index in [0.717, 1.165) is 35.6 Å². The molecule has 0 aliphatic carbocycles. The third-order valence-electron chi connectivity index (χ3n) is 4.24. The van der Waals surface area contributed by atoms with Crippen LogP contribution in [0.3, 0.4) is 0 Å². The molecule has 2 aromatic carbocycles. The van der Waals surface area contributed by atoms with Crippen LogP contribution in [-0.4, -0.2) is 34.1 Å². The van der Waals surface area contributed by atoms with Gasteiger partial charge in [0.05, 0.1) is 0 Å². The number of nitrogens with zero attached hydrogens (tertiary/aromatic N) is 3. The molecule has 0 spiro atoms. The summed E-state index contributed by atoms with van der Waals surface area (Å²) in [5.74, 6) is 0. The Labute approximate surface area is 158 Å². The first-order valence-electron chi connectivity index (χ1n) is 8.76. The third-order valence-corrected chi connectivity index (χ3v) is 4.99. The molecular formula is C20H24N4OS. The SMILES string of the molecule is CCC(Oc1nsc(-c2ccccc2)n1)N(C)CCc1ccc(N)cc1. The Balaban J connectivity index is 1.58. The van der Waals surface area contributed by atoms with Gasteiger partial charge in [-0.25, -0.2) is 0 Å². The standard InChI is InChI=1S/C20H24N4OS/c1-3-18(24(2)14-13-15-9-11-17(21)12-10-15)25-20-22-19(26-23-20)16-7-5-4-6-8-16/h4-12,18H,3,13-14,21H2,1-2H3. The molecule has 6 heteroatoms. The smallest absolute Gasteiger partial charge is 0.330 e. The van der Waals surface area contributed by atoms with Gasteiger partial charge in [-0.3, -0.25) is 4.90 Å². The Morgan fingerprint density at radius 1 is 1.12 bits per heavy atom. The number of hydrogen-bond donors (Lipinski definition) is 1. The molecule has 0 aliphatic heterocycles. The molecule has 5 nitrogen and oxygen atoms in total. The monoisotopic (exact) mass is 368 g/mol. The van der Waals surface area contributed by atoms with Gasteiger partial charge < -0.3 is 10.5 Å². The first kappa shape index (κ1) is 18.4. The largest absolute Gasteiger partial charge is 0.443 e. The van der Waals surface area contributed by atoms with E-state index < -0.39 is 0 Å². The molecule has 1 heterocycles.